The molecular weight excluding hydrogens is 356 g/mol. The molecule has 0 fully saturated rings. The van der Waals surface area contributed by atoms with Crippen molar-refractivity contribution in [2.24, 2.45) is 0 Å². The van der Waals surface area contributed by atoms with Crippen molar-refractivity contribution >= 4 is 14.5 Å². The van der Waals surface area contributed by atoms with Gasteiger partial charge in [-0.3, -0.25) is 0 Å². The molecule has 0 radical (unpaired) electrons. The number of hydrogen-bond donors (Lipinski definition) is 0. The zero-order chi connectivity index (χ0) is 19.5. The third kappa shape index (κ3) is 7.91. The van der Waals surface area contributed by atoms with Crippen LogP contribution in [-0.4, -0.2) is 21.1 Å². The SMILES string of the molecule is C=C(C)C(=O)OCCC[Si](C)(OCc1ccccc1)OCc1ccccc1. The van der Waals surface area contributed by atoms with E-state index in [4.69, 9.17) is 13.6 Å². The van der Waals surface area contributed by atoms with Crippen molar-refractivity contribution < 1.29 is 18.4 Å². The lowest BCUT2D eigenvalue weighted by Crippen LogP contribution is -2.38. The summed E-state index contributed by atoms with van der Waals surface area (Å²) in [4.78, 5) is 11.5. The Morgan fingerprint density at radius 3 is 1.85 bits per heavy atom. The van der Waals surface area contributed by atoms with Crippen LogP contribution >= 0.6 is 0 Å². The lowest BCUT2D eigenvalue weighted by atomic mass is 10.2. The van der Waals surface area contributed by atoms with Crippen molar-refractivity contribution in [3.63, 3.8) is 0 Å². The highest BCUT2D eigenvalue weighted by atomic mass is 28.4. The summed E-state index contributed by atoms with van der Waals surface area (Å²) in [6.45, 7) is 8.69. The van der Waals surface area contributed by atoms with Gasteiger partial charge in [-0.15, -0.1) is 0 Å². The van der Waals surface area contributed by atoms with E-state index in [0.29, 0.717) is 31.8 Å². The third-order valence-electron chi connectivity index (χ3n) is 4.13. The van der Waals surface area contributed by atoms with E-state index in [-0.39, 0.29) is 5.97 Å². The van der Waals surface area contributed by atoms with E-state index in [0.717, 1.165) is 17.2 Å². The summed E-state index contributed by atoms with van der Waals surface area (Å²) in [7, 11) is -2.43. The monoisotopic (exact) mass is 384 g/mol. The summed E-state index contributed by atoms with van der Waals surface area (Å²) in [5.74, 6) is -0.353. The van der Waals surface area contributed by atoms with E-state index in [1.54, 1.807) is 6.92 Å². The molecule has 0 unspecified atom stereocenters. The van der Waals surface area contributed by atoms with E-state index >= 15 is 0 Å². The molecule has 4 nitrogen and oxygen atoms in total. The molecule has 2 rings (SSSR count). The summed E-state index contributed by atoms with van der Waals surface area (Å²) in [6.07, 6.45) is 0.700. The van der Waals surface area contributed by atoms with Gasteiger partial charge in [0.1, 0.15) is 0 Å². The number of rotatable bonds is 11. The van der Waals surface area contributed by atoms with Crippen LogP contribution in [0.25, 0.3) is 0 Å². The van der Waals surface area contributed by atoms with Gasteiger partial charge >= 0.3 is 14.5 Å². The minimum atomic E-state index is -2.43. The number of carbonyl (C=O) groups excluding carboxylic acids is 1. The van der Waals surface area contributed by atoms with E-state index in [2.05, 4.69) is 13.1 Å². The molecule has 2 aromatic rings. The Labute approximate surface area is 163 Å². The zero-order valence-electron chi connectivity index (χ0n) is 16.1. The van der Waals surface area contributed by atoms with Gasteiger partial charge in [0.25, 0.3) is 0 Å². The van der Waals surface area contributed by atoms with E-state index in [9.17, 15) is 4.79 Å². The fraction of sp³-hybridized carbons (Fsp3) is 0.318. The number of ether oxygens (including phenoxy) is 1. The van der Waals surface area contributed by atoms with Crippen LogP contribution in [0.1, 0.15) is 24.5 Å². The topological polar surface area (TPSA) is 44.8 Å². The van der Waals surface area contributed by atoms with Crippen LogP contribution in [0.2, 0.25) is 12.6 Å². The van der Waals surface area contributed by atoms with Crippen LogP contribution in [-0.2, 0) is 31.6 Å². The fourth-order valence-electron chi connectivity index (χ4n) is 2.49. The van der Waals surface area contributed by atoms with Gasteiger partial charge in [-0.2, -0.15) is 0 Å². The zero-order valence-corrected chi connectivity index (χ0v) is 17.1. The highest BCUT2D eigenvalue weighted by Crippen LogP contribution is 2.20. The minimum Gasteiger partial charge on any atom is -0.462 e. The number of benzene rings is 2. The molecule has 0 aromatic heterocycles. The van der Waals surface area contributed by atoms with Crippen LogP contribution in [0, 0.1) is 0 Å². The second kappa shape index (κ2) is 10.8. The molecule has 0 aliphatic rings. The molecule has 0 N–H and O–H groups in total. The second-order valence-electron chi connectivity index (χ2n) is 6.70. The Morgan fingerprint density at radius 2 is 1.41 bits per heavy atom. The van der Waals surface area contributed by atoms with Gasteiger partial charge in [0, 0.05) is 5.57 Å². The molecule has 0 heterocycles. The molecule has 0 spiro atoms. The Hall–Kier alpha value is -2.21. The predicted octanol–water partition coefficient (Wildman–Crippen LogP) is 5.00. The van der Waals surface area contributed by atoms with Crippen molar-refractivity contribution in [3.8, 4) is 0 Å². The van der Waals surface area contributed by atoms with Crippen LogP contribution < -0.4 is 0 Å². The minimum absolute atomic E-state index is 0.345. The van der Waals surface area contributed by atoms with Crippen LogP contribution in [0.3, 0.4) is 0 Å². The van der Waals surface area contributed by atoms with Gasteiger partial charge in [0.15, 0.2) is 0 Å². The van der Waals surface area contributed by atoms with Gasteiger partial charge in [-0.05, 0) is 37.1 Å². The van der Waals surface area contributed by atoms with E-state index in [1.165, 1.54) is 0 Å². The van der Waals surface area contributed by atoms with Gasteiger partial charge in [-0.25, -0.2) is 4.79 Å². The smallest absolute Gasteiger partial charge is 0.335 e. The molecule has 0 aliphatic carbocycles. The molecule has 27 heavy (non-hydrogen) atoms. The second-order valence-corrected chi connectivity index (χ2v) is 10.0. The molecule has 0 atom stereocenters. The van der Waals surface area contributed by atoms with Gasteiger partial charge in [0.2, 0.25) is 0 Å². The average Bonchev–Trinajstić information content (AvgIpc) is 2.70. The molecule has 144 valence electrons. The summed E-state index contributed by atoms with van der Waals surface area (Å²) in [5, 5.41) is 0. The molecule has 2 aromatic carbocycles. The van der Waals surface area contributed by atoms with Crippen LogP contribution in [0.5, 0.6) is 0 Å². The van der Waals surface area contributed by atoms with E-state index in [1.807, 2.05) is 60.7 Å². The normalized spacial score (nSPS) is 11.2. The maximum absolute atomic E-state index is 11.5. The first-order chi connectivity index (χ1) is 13.0. The molecule has 5 heteroatoms. The molecule has 0 aliphatic heterocycles. The van der Waals surface area contributed by atoms with Gasteiger partial charge in [0.05, 0.1) is 19.8 Å². The number of carbonyl (C=O) groups is 1. The van der Waals surface area contributed by atoms with Gasteiger partial charge in [-0.1, -0.05) is 67.2 Å². The highest BCUT2D eigenvalue weighted by molar-refractivity contribution is 6.65. The maximum Gasteiger partial charge on any atom is 0.335 e. The lowest BCUT2D eigenvalue weighted by Gasteiger charge is -2.27. The summed E-state index contributed by atoms with van der Waals surface area (Å²) in [6, 6.07) is 20.9. The molecule has 0 amide bonds. The summed E-state index contributed by atoms with van der Waals surface area (Å²) in [5.41, 5.74) is 2.65. The Bertz CT molecular complexity index is 672. The third-order valence-corrected chi connectivity index (χ3v) is 6.90. The average molecular weight is 385 g/mol. The lowest BCUT2D eigenvalue weighted by molar-refractivity contribution is -0.138. The molecule has 0 bridgehead atoms. The standard InChI is InChI=1S/C22H28O4Si/c1-19(2)22(23)24-15-10-16-27(3,25-17-20-11-6-4-7-12-20)26-18-21-13-8-5-9-14-21/h4-9,11-14H,1,10,15-18H2,2-3H3. The fourth-order valence-corrected chi connectivity index (χ4v) is 4.59. The maximum atomic E-state index is 11.5. The number of esters is 1. The highest BCUT2D eigenvalue weighted by Gasteiger charge is 2.31. The van der Waals surface area contributed by atoms with Crippen molar-refractivity contribution in [3.05, 3.63) is 83.9 Å². The molecule has 0 saturated heterocycles. The first-order valence-electron chi connectivity index (χ1n) is 9.17. The molecule has 0 saturated carbocycles. The Balaban J connectivity index is 1.91. The van der Waals surface area contributed by atoms with Crippen molar-refractivity contribution in [1.29, 1.82) is 0 Å². The first kappa shape index (κ1) is 21.1. The quantitative estimate of drug-likeness (QED) is 0.237. The Morgan fingerprint density at radius 1 is 0.926 bits per heavy atom. The van der Waals surface area contributed by atoms with Crippen LogP contribution in [0.4, 0.5) is 0 Å². The summed E-state index contributed by atoms with van der Waals surface area (Å²) >= 11 is 0. The van der Waals surface area contributed by atoms with E-state index < -0.39 is 8.56 Å². The van der Waals surface area contributed by atoms with Crippen molar-refractivity contribution in [2.45, 2.75) is 39.1 Å². The number of hydrogen-bond acceptors (Lipinski definition) is 4. The van der Waals surface area contributed by atoms with Crippen LogP contribution in [0.15, 0.2) is 72.8 Å². The summed E-state index contributed by atoms with van der Waals surface area (Å²) < 4.78 is 17.7. The molecular formula is C22H28O4Si. The Kier molecular flexibility index (Phi) is 8.45. The van der Waals surface area contributed by atoms with Crippen molar-refractivity contribution in [1.82, 2.24) is 0 Å². The largest absolute Gasteiger partial charge is 0.462 e. The van der Waals surface area contributed by atoms with Crippen molar-refractivity contribution in [2.75, 3.05) is 6.61 Å². The first-order valence-corrected chi connectivity index (χ1v) is 11.7. The van der Waals surface area contributed by atoms with Gasteiger partial charge < -0.3 is 13.6 Å². The predicted molar refractivity (Wildman–Crippen MR) is 109 cm³/mol.